The van der Waals surface area contributed by atoms with Crippen molar-refractivity contribution in [1.29, 1.82) is 0 Å². The van der Waals surface area contributed by atoms with E-state index in [2.05, 4.69) is 4.98 Å². The highest BCUT2D eigenvalue weighted by atomic mass is 19.4. The van der Waals surface area contributed by atoms with Crippen LogP contribution in [0.15, 0.2) is 6.07 Å². The van der Waals surface area contributed by atoms with Gasteiger partial charge in [0.15, 0.2) is 0 Å². The standard InChI is InChI=1S/C9H10F3NO/c1-5-3-6(2)13-8(7(5)4-14)9(10,11)12/h3,14H,4H2,1-2H3. The fourth-order valence-corrected chi connectivity index (χ4v) is 1.30. The molecule has 0 radical (unpaired) electrons. The molecule has 0 bridgehead atoms. The Morgan fingerprint density at radius 1 is 1.36 bits per heavy atom. The van der Waals surface area contributed by atoms with Crippen LogP contribution in [0.3, 0.4) is 0 Å². The number of hydrogen-bond acceptors (Lipinski definition) is 2. The molecule has 2 nitrogen and oxygen atoms in total. The van der Waals surface area contributed by atoms with Crippen LogP contribution in [0.2, 0.25) is 0 Å². The first-order chi connectivity index (χ1) is 6.36. The molecule has 1 heterocycles. The van der Waals surface area contributed by atoms with Crippen LogP contribution in [0.1, 0.15) is 22.5 Å². The van der Waals surface area contributed by atoms with E-state index >= 15 is 0 Å². The van der Waals surface area contributed by atoms with Gasteiger partial charge in [-0.2, -0.15) is 13.2 Å². The number of aliphatic hydroxyl groups excluding tert-OH is 1. The highest BCUT2D eigenvalue weighted by Gasteiger charge is 2.35. The van der Waals surface area contributed by atoms with Gasteiger partial charge < -0.3 is 5.11 Å². The molecule has 1 rings (SSSR count). The van der Waals surface area contributed by atoms with Gasteiger partial charge in [0, 0.05) is 11.3 Å². The summed E-state index contributed by atoms with van der Waals surface area (Å²) in [4.78, 5) is 3.39. The zero-order chi connectivity index (χ0) is 10.9. The Labute approximate surface area is 79.4 Å². The molecule has 0 aliphatic heterocycles. The lowest BCUT2D eigenvalue weighted by Crippen LogP contribution is -2.14. The van der Waals surface area contributed by atoms with Gasteiger partial charge in [0.05, 0.1) is 6.61 Å². The van der Waals surface area contributed by atoms with Gasteiger partial charge in [-0.3, -0.25) is 0 Å². The number of aliphatic hydroxyl groups is 1. The Bertz CT molecular complexity index is 347. The first kappa shape index (κ1) is 11.0. The molecule has 1 aromatic heterocycles. The SMILES string of the molecule is Cc1cc(C)c(CO)c(C(F)(F)F)n1. The van der Waals surface area contributed by atoms with E-state index in [0.29, 0.717) is 11.3 Å². The van der Waals surface area contributed by atoms with Crippen molar-refractivity contribution in [3.63, 3.8) is 0 Å². The Hall–Kier alpha value is -1.10. The first-order valence-corrected chi connectivity index (χ1v) is 4.01. The molecular formula is C9H10F3NO. The van der Waals surface area contributed by atoms with Gasteiger partial charge in [-0.05, 0) is 25.5 Å². The van der Waals surface area contributed by atoms with Gasteiger partial charge in [0.1, 0.15) is 5.69 Å². The largest absolute Gasteiger partial charge is 0.433 e. The van der Waals surface area contributed by atoms with Crippen LogP contribution < -0.4 is 0 Å². The molecule has 0 aromatic carbocycles. The predicted molar refractivity (Wildman–Crippen MR) is 44.6 cm³/mol. The third-order valence-electron chi connectivity index (χ3n) is 1.90. The summed E-state index contributed by atoms with van der Waals surface area (Å²) in [6.07, 6.45) is -4.51. The lowest BCUT2D eigenvalue weighted by molar-refractivity contribution is -0.142. The van der Waals surface area contributed by atoms with Crippen molar-refractivity contribution in [3.05, 3.63) is 28.6 Å². The van der Waals surface area contributed by atoms with Crippen LogP contribution in [0, 0.1) is 13.8 Å². The van der Waals surface area contributed by atoms with Crippen molar-refractivity contribution in [2.45, 2.75) is 26.6 Å². The van der Waals surface area contributed by atoms with Crippen molar-refractivity contribution in [3.8, 4) is 0 Å². The van der Waals surface area contributed by atoms with E-state index in [-0.39, 0.29) is 5.56 Å². The van der Waals surface area contributed by atoms with E-state index in [9.17, 15) is 13.2 Å². The molecule has 1 aromatic rings. The highest BCUT2D eigenvalue weighted by molar-refractivity contribution is 5.32. The lowest BCUT2D eigenvalue weighted by atomic mass is 10.1. The van der Waals surface area contributed by atoms with Crippen LogP contribution in [0.4, 0.5) is 13.2 Å². The van der Waals surface area contributed by atoms with Crippen molar-refractivity contribution in [2.24, 2.45) is 0 Å². The minimum Gasteiger partial charge on any atom is -0.392 e. The Balaban J connectivity index is 3.40. The van der Waals surface area contributed by atoms with Crippen LogP contribution in [0.5, 0.6) is 0 Å². The zero-order valence-electron chi connectivity index (χ0n) is 7.81. The van der Waals surface area contributed by atoms with Gasteiger partial charge in [-0.1, -0.05) is 0 Å². The van der Waals surface area contributed by atoms with Crippen molar-refractivity contribution >= 4 is 0 Å². The molecule has 0 saturated heterocycles. The number of rotatable bonds is 1. The zero-order valence-corrected chi connectivity index (χ0v) is 7.81. The van der Waals surface area contributed by atoms with E-state index in [0.717, 1.165) is 0 Å². The van der Waals surface area contributed by atoms with Crippen molar-refractivity contribution in [1.82, 2.24) is 4.98 Å². The maximum atomic E-state index is 12.4. The highest BCUT2D eigenvalue weighted by Crippen LogP contribution is 2.32. The molecular weight excluding hydrogens is 195 g/mol. The third-order valence-corrected chi connectivity index (χ3v) is 1.90. The van der Waals surface area contributed by atoms with Crippen molar-refractivity contribution in [2.75, 3.05) is 0 Å². The lowest BCUT2D eigenvalue weighted by Gasteiger charge is -2.13. The molecule has 78 valence electrons. The van der Waals surface area contributed by atoms with Crippen LogP contribution in [0.25, 0.3) is 0 Å². The van der Waals surface area contributed by atoms with Gasteiger partial charge in [0.25, 0.3) is 0 Å². The number of pyridine rings is 1. The second kappa shape index (κ2) is 3.57. The Morgan fingerprint density at radius 3 is 2.36 bits per heavy atom. The molecule has 1 N–H and O–H groups in total. The van der Waals surface area contributed by atoms with Gasteiger partial charge in [-0.25, -0.2) is 4.98 Å². The maximum absolute atomic E-state index is 12.4. The Morgan fingerprint density at radius 2 is 1.93 bits per heavy atom. The van der Waals surface area contributed by atoms with E-state index in [1.165, 1.54) is 19.9 Å². The molecule has 0 aliphatic rings. The molecule has 0 spiro atoms. The summed E-state index contributed by atoms with van der Waals surface area (Å²) in [5, 5.41) is 8.81. The average Bonchev–Trinajstić information content (AvgIpc) is 2.01. The quantitative estimate of drug-likeness (QED) is 0.762. The fourth-order valence-electron chi connectivity index (χ4n) is 1.30. The number of aryl methyl sites for hydroxylation is 2. The number of nitrogens with zero attached hydrogens (tertiary/aromatic N) is 1. The summed E-state index contributed by atoms with van der Waals surface area (Å²) < 4.78 is 37.3. The van der Waals surface area contributed by atoms with Crippen LogP contribution in [-0.4, -0.2) is 10.1 Å². The summed E-state index contributed by atoms with van der Waals surface area (Å²) >= 11 is 0. The topological polar surface area (TPSA) is 33.1 Å². The third kappa shape index (κ3) is 2.04. The molecule has 0 fully saturated rings. The Kier molecular flexibility index (Phi) is 2.80. The number of alkyl halides is 3. The fraction of sp³-hybridized carbons (Fsp3) is 0.444. The molecule has 5 heteroatoms. The minimum absolute atomic E-state index is 0.150. The molecule has 0 aliphatic carbocycles. The molecule has 0 amide bonds. The summed E-state index contributed by atoms with van der Waals surface area (Å²) in [5.74, 6) is 0. The number of aromatic nitrogens is 1. The summed E-state index contributed by atoms with van der Waals surface area (Å²) in [7, 11) is 0. The second-order valence-electron chi connectivity index (χ2n) is 3.06. The predicted octanol–water partition coefficient (Wildman–Crippen LogP) is 2.21. The molecule has 0 atom stereocenters. The minimum atomic E-state index is -4.51. The second-order valence-corrected chi connectivity index (χ2v) is 3.06. The smallest absolute Gasteiger partial charge is 0.392 e. The number of hydrogen-bond donors (Lipinski definition) is 1. The van der Waals surface area contributed by atoms with Gasteiger partial charge in [-0.15, -0.1) is 0 Å². The average molecular weight is 205 g/mol. The van der Waals surface area contributed by atoms with Crippen LogP contribution in [-0.2, 0) is 12.8 Å². The van der Waals surface area contributed by atoms with E-state index < -0.39 is 18.5 Å². The molecule has 14 heavy (non-hydrogen) atoms. The molecule has 0 saturated carbocycles. The van der Waals surface area contributed by atoms with E-state index in [4.69, 9.17) is 5.11 Å². The maximum Gasteiger partial charge on any atom is 0.433 e. The van der Waals surface area contributed by atoms with Crippen molar-refractivity contribution < 1.29 is 18.3 Å². The number of halogens is 3. The first-order valence-electron chi connectivity index (χ1n) is 4.01. The summed E-state index contributed by atoms with van der Waals surface area (Å²) in [6.45, 7) is 2.37. The van der Waals surface area contributed by atoms with Crippen LogP contribution >= 0.6 is 0 Å². The normalized spacial score (nSPS) is 11.9. The summed E-state index contributed by atoms with van der Waals surface area (Å²) in [5.41, 5.74) is -0.431. The van der Waals surface area contributed by atoms with Gasteiger partial charge in [0.2, 0.25) is 0 Å². The van der Waals surface area contributed by atoms with E-state index in [1.807, 2.05) is 0 Å². The molecule has 0 unspecified atom stereocenters. The van der Waals surface area contributed by atoms with Gasteiger partial charge >= 0.3 is 6.18 Å². The summed E-state index contributed by atoms with van der Waals surface area (Å²) in [6, 6.07) is 1.51. The monoisotopic (exact) mass is 205 g/mol. The van der Waals surface area contributed by atoms with E-state index in [1.54, 1.807) is 0 Å².